The number of hydrogen-bond donors (Lipinski definition) is 2. The van der Waals surface area contributed by atoms with Crippen molar-refractivity contribution < 1.29 is 9.90 Å². The van der Waals surface area contributed by atoms with E-state index in [9.17, 15) is 4.79 Å². The van der Waals surface area contributed by atoms with Crippen molar-refractivity contribution in [2.75, 3.05) is 12.0 Å². The van der Waals surface area contributed by atoms with Crippen LogP contribution in [-0.2, 0) is 0 Å². The summed E-state index contributed by atoms with van der Waals surface area (Å²) in [5.41, 5.74) is 3.53. The van der Waals surface area contributed by atoms with Gasteiger partial charge in [0.15, 0.2) is 0 Å². The van der Waals surface area contributed by atoms with E-state index in [2.05, 4.69) is 27.0 Å². The van der Waals surface area contributed by atoms with Crippen molar-refractivity contribution >= 4 is 46.6 Å². The number of carboxylic acid groups (broad SMARTS) is 1. The molecule has 0 aromatic carbocycles. The number of nitrogens with zero attached hydrogens (tertiary/aromatic N) is 4. The van der Waals surface area contributed by atoms with Gasteiger partial charge >= 0.3 is 5.97 Å². The summed E-state index contributed by atoms with van der Waals surface area (Å²) in [7, 11) is 0. The number of hydrogen-bond acceptors (Lipinski definition) is 6. The number of allylic oxidation sites excluding steroid dienone is 1. The van der Waals surface area contributed by atoms with Crippen LogP contribution >= 0.6 is 11.3 Å². The lowest BCUT2D eigenvalue weighted by Crippen LogP contribution is -1.97. The monoisotopic (exact) mass is 457 g/mol. The molecule has 3 heterocycles. The van der Waals surface area contributed by atoms with Crippen LogP contribution in [-0.4, -0.2) is 40.1 Å². The fraction of sp³-hybridized carbons (Fsp3) is 0.333. The van der Waals surface area contributed by atoms with Gasteiger partial charge in [-0.15, -0.1) is 11.3 Å². The minimum Gasteiger partial charge on any atom is -0.478 e. The molecule has 0 radical (unpaired) electrons. The predicted octanol–water partition coefficient (Wildman–Crippen LogP) is 6.66. The van der Waals surface area contributed by atoms with Crippen molar-refractivity contribution in [2.24, 2.45) is 9.98 Å². The molecule has 3 rings (SSSR count). The minimum atomic E-state index is -0.939. The molecule has 8 heteroatoms. The quantitative estimate of drug-likeness (QED) is 0.388. The van der Waals surface area contributed by atoms with Crippen molar-refractivity contribution in [1.82, 2.24) is 9.38 Å². The number of rotatable bonds is 7. The Morgan fingerprint density at radius 3 is 2.53 bits per heavy atom. The maximum absolute atomic E-state index is 10.8. The predicted molar refractivity (Wildman–Crippen MR) is 140 cm³/mol. The SMILES string of the molecule is C=N/C(=C\C=N/CNc1cc(C(=O)O)cs1)c1c(C)nc2ccccn12.CC.CC.CC. The third-order valence-electron chi connectivity index (χ3n) is 3.65. The highest BCUT2D eigenvalue weighted by Gasteiger charge is 2.11. The highest BCUT2D eigenvalue weighted by molar-refractivity contribution is 7.14. The Hall–Kier alpha value is -3.26. The van der Waals surface area contributed by atoms with Crippen LogP contribution in [0.25, 0.3) is 11.3 Å². The molecule has 2 N–H and O–H groups in total. The number of aryl methyl sites for hydroxylation is 1. The van der Waals surface area contributed by atoms with Crippen molar-refractivity contribution in [3.63, 3.8) is 0 Å². The van der Waals surface area contributed by atoms with Crippen molar-refractivity contribution in [1.29, 1.82) is 0 Å². The van der Waals surface area contributed by atoms with Crippen molar-refractivity contribution in [3.05, 3.63) is 58.9 Å². The number of pyridine rings is 1. The van der Waals surface area contributed by atoms with E-state index in [4.69, 9.17) is 5.11 Å². The first kappa shape index (κ1) is 28.7. The number of anilines is 1. The number of aliphatic imine (C=N–C) groups is 2. The maximum Gasteiger partial charge on any atom is 0.336 e. The Morgan fingerprint density at radius 2 is 1.94 bits per heavy atom. The largest absolute Gasteiger partial charge is 0.478 e. The molecule has 7 nitrogen and oxygen atoms in total. The van der Waals surface area contributed by atoms with Gasteiger partial charge in [-0.05, 0) is 37.9 Å². The van der Waals surface area contributed by atoms with Crippen LogP contribution in [0.2, 0.25) is 0 Å². The summed E-state index contributed by atoms with van der Waals surface area (Å²) in [4.78, 5) is 23.7. The van der Waals surface area contributed by atoms with Gasteiger partial charge in [-0.2, -0.15) is 0 Å². The first-order valence-corrected chi connectivity index (χ1v) is 11.6. The average molecular weight is 458 g/mol. The molecular weight excluding hydrogens is 422 g/mol. The van der Waals surface area contributed by atoms with Crippen LogP contribution in [0.4, 0.5) is 5.00 Å². The zero-order valence-corrected chi connectivity index (χ0v) is 20.9. The number of fused-ring (bicyclic) bond motifs is 1. The number of nitrogens with one attached hydrogen (secondary N) is 1. The molecule has 3 aromatic heterocycles. The molecule has 0 saturated carbocycles. The molecule has 0 aliphatic heterocycles. The number of imidazole rings is 1. The molecule has 0 fully saturated rings. The summed E-state index contributed by atoms with van der Waals surface area (Å²) in [6.07, 6.45) is 5.35. The van der Waals surface area contributed by atoms with Gasteiger partial charge in [0.05, 0.1) is 27.6 Å². The standard InChI is InChI=1S/C18H17N5O2S.3C2H6/c1-12-17(23-8-4-3-5-15(23)22-12)14(19-2)6-7-20-11-21-16-9-13(10-26-16)18(24)25;3*1-2/h3-10,21H,2,11H2,1H3,(H,24,25);3*1-2H3/b14-6-,20-7-;;;. The second kappa shape index (κ2) is 16.4. The molecule has 3 aromatic rings. The topological polar surface area (TPSA) is 91.3 Å². The molecule has 0 spiro atoms. The summed E-state index contributed by atoms with van der Waals surface area (Å²) in [6.45, 7) is 17.9. The van der Waals surface area contributed by atoms with Crippen LogP contribution < -0.4 is 5.32 Å². The fourth-order valence-corrected chi connectivity index (χ4v) is 3.23. The number of carbonyl (C=O) groups is 1. The van der Waals surface area contributed by atoms with Gasteiger partial charge in [0, 0.05) is 17.8 Å². The van der Waals surface area contributed by atoms with E-state index in [0.29, 0.717) is 12.4 Å². The van der Waals surface area contributed by atoms with Gasteiger partial charge in [0.1, 0.15) is 12.3 Å². The van der Waals surface area contributed by atoms with Gasteiger partial charge in [-0.3, -0.25) is 14.4 Å². The second-order valence-electron chi connectivity index (χ2n) is 5.36. The molecule has 0 bridgehead atoms. The maximum atomic E-state index is 10.8. The third kappa shape index (κ3) is 8.11. The summed E-state index contributed by atoms with van der Waals surface area (Å²) < 4.78 is 1.96. The van der Waals surface area contributed by atoms with Crippen molar-refractivity contribution in [2.45, 2.75) is 48.5 Å². The van der Waals surface area contributed by atoms with E-state index in [1.54, 1.807) is 23.7 Å². The number of aromatic carboxylic acids is 1. The zero-order chi connectivity index (χ0) is 24.5. The van der Waals surface area contributed by atoms with Gasteiger partial charge in [0.25, 0.3) is 0 Å². The molecule has 174 valence electrons. The normalized spacial score (nSPS) is 10.3. The average Bonchev–Trinajstić information content (AvgIpc) is 3.45. The minimum absolute atomic E-state index is 0.266. The second-order valence-corrected chi connectivity index (χ2v) is 6.27. The molecular formula is C24H35N5O2S. The van der Waals surface area contributed by atoms with Gasteiger partial charge in [-0.25, -0.2) is 9.78 Å². The molecule has 0 aliphatic carbocycles. The highest BCUT2D eigenvalue weighted by Crippen LogP contribution is 2.21. The van der Waals surface area contributed by atoms with Crippen LogP contribution in [0.5, 0.6) is 0 Å². The Balaban J connectivity index is 0.00000148. The van der Waals surface area contributed by atoms with E-state index in [1.165, 1.54) is 11.3 Å². The van der Waals surface area contributed by atoms with Crippen molar-refractivity contribution in [3.8, 4) is 0 Å². The molecule has 32 heavy (non-hydrogen) atoms. The van der Waals surface area contributed by atoms with E-state index in [1.807, 2.05) is 77.3 Å². The Morgan fingerprint density at radius 1 is 1.25 bits per heavy atom. The van der Waals surface area contributed by atoms with E-state index in [-0.39, 0.29) is 5.56 Å². The van der Waals surface area contributed by atoms with Gasteiger partial charge in [-0.1, -0.05) is 47.6 Å². The van der Waals surface area contributed by atoms with Gasteiger partial charge < -0.3 is 10.4 Å². The lowest BCUT2D eigenvalue weighted by Gasteiger charge is -2.02. The fourth-order valence-electron chi connectivity index (χ4n) is 2.47. The molecule has 0 aliphatic rings. The molecule has 0 saturated heterocycles. The van der Waals surface area contributed by atoms with Crippen LogP contribution in [0, 0.1) is 6.92 Å². The first-order chi connectivity index (χ1) is 15.6. The number of carboxylic acids is 1. The number of aromatic nitrogens is 2. The Kier molecular flexibility index (Phi) is 14.8. The Labute approximate surface area is 195 Å². The lowest BCUT2D eigenvalue weighted by molar-refractivity contribution is 0.0697. The lowest BCUT2D eigenvalue weighted by atomic mass is 10.2. The summed E-state index contributed by atoms with van der Waals surface area (Å²) in [5.74, 6) is -0.939. The molecule has 0 amide bonds. The highest BCUT2D eigenvalue weighted by atomic mass is 32.1. The van der Waals surface area contributed by atoms with Crippen LogP contribution in [0.3, 0.4) is 0 Å². The molecule has 0 atom stereocenters. The molecule has 0 unspecified atom stereocenters. The summed E-state index contributed by atoms with van der Waals surface area (Å²) in [6, 6.07) is 7.38. The van der Waals surface area contributed by atoms with E-state index in [0.717, 1.165) is 22.0 Å². The third-order valence-corrected chi connectivity index (χ3v) is 4.53. The Bertz CT molecular complexity index is 1020. The van der Waals surface area contributed by atoms with E-state index < -0.39 is 5.97 Å². The first-order valence-electron chi connectivity index (χ1n) is 10.8. The smallest absolute Gasteiger partial charge is 0.336 e. The number of thiophene rings is 1. The van der Waals surface area contributed by atoms with E-state index >= 15 is 0 Å². The van der Waals surface area contributed by atoms with Crippen LogP contribution in [0.1, 0.15) is 63.3 Å². The van der Waals surface area contributed by atoms with Gasteiger partial charge in [0.2, 0.25) is 0 Å². The summed E-state index contributed by atoms with van der Waals surface area (Å²) >= 11 is 1.33. The summed E-state index contributed by atoms with van der Waals surface area (Å²) in [5, 5.41) is 14.3. The van der Waals surface area contributed by atoms with Crippen LogP contribution in [0.15, 0.2) is 51.9 Å². The zero-order valence-electron chi connectivity index (χ0n) is 20.1.